The molecule has 0 aromatic carbocycles. The summed E-state index contributed by atoms with van der Waals surface area (Å²) in [5, 5.41) is 3.32. The fourth-order valence-corrected chi connectivity index (χ4v) is 0.941. The second-order valence-corrected chi connectivity index (χ2v) is 2.85. The highest BCUT2D eigenvalue weighted by Crippen LogP contribution is 2.13. The van der Waals surface area contributed by atoms with Gasteiger partial charge >= 0.3 is 0 Å². The fourth-order valence-electron chi connectivity index (χ4n) is 0.941. The highest BCUT2D eigenvalue weighted by Gasteiger charge is 2.16. The molecular formula is C8H17NO. The van der Waals surface area contributed by atoms with Crippen molar-refractivity contribution in [2.24, 2.45) is 11.8 Å². The van der Waals surface area contributed by atoms with Gasteiger partial charge in [0, 0.05) is 0 Å². The Morgan fingerprint density at radius 2 is 1.60 bits per heavy atom. The third-order valence-corrected chi connectivity index (χ3v) is 1.90. The van der Waals surface area contributed by atoms with Crippen LogP contribution in [0.25, 0.3) is 0 Å². The molecule has 2 heteroatoms. The summed E-state index contributed by atoms with van der Waals surface area (Å²) in [5.41, 5.74) is 0. The third-order valence-electron chi connectivity index (χ3n) is 1.90. The van der Waals surface area contributed by atoms with Gasteiger partial charge in [-0.25, -0.2) is 0 Å². The van der Waals surface area contributed by atoms with E-state index in [1.807, 2.05) is 0 Å². The van der Waals surface area contributed by atoms with Gasteiger partial charge in [-0.2, -0.15) is 0 Å². The number of nitrogens with one attached hydrogen (secondary N) is 1. The predicted octanol–water partition coefficient (Wildman–Crippen LogP) is 1.07. The minimum Gasteiger partial charge on any atom is -0.316 e. The number of hydrogen-bond donors (Lipinski definition) is 1. The van der Waals surface area contributed by atoms with E-state index in [2.05, 4.69) is 19.2 Å². The minimum absolute atomic E-state index is 0.750. The van der Waals surface area contributed by atoms with Crippen LogP contribution in [-0.2, 0) is 4.79 Å². The molecule has 10 heavy (non-hydrogen) atoms. The maximum Gasteiger partial charge on any atom is 0.116 e. The quantitative estimate of drug-likeness (QED) is 0.514. The maximum absolute atomic E-state index is 8.81. The summed E-state index contributed by atoms with van der Waals surface area (Å²) < 4.78 is 0. The van der Waals surface area contributed by atoms with Gasteiger partial charge in [0.1, 0.15) is 6.29 Å². The first-order chi connectivity index (χ1) is 4.72. The number of carbonyl (C=O) groups excluding carboxylic acids is 1. The highest BCUT2D eigenvalue weighted by molar-refractivity contribution is 5.44. The molecule has 0 radical (unpaired) electrons. The average Bonchev–Trinajstić information content (AvgIpc) is 2.19. The smallest absolute Gasteiger partial charge is 0.116 e. The lowest BCUT2D eigenvalue weighted by molar-refractivity contribution is -0.106. The van der Waals surface area contributed by atoms with Gasteiger partial charge in [-0.3, -0.25) is 0 Å². The van der Waals surface area contributed by atoms with Crippen molar-refractivity contribution in [1.29, 1.82) is 0 Å². The molecule has 0 aliphatic carbocycles. The SMILES string of the molecule is CC=O.C[C@@H]1CNC[C@@H]1C. The van der Waals surface area contributed by atoms with Crippen LogP contribution >= 0.6 is 0 Å². The van der Waals surface area contributed by atoms with E-state index in [-0.39, 0.29) is 0 Å². The van der Waals surface area contributed by atoms with Gasteiger partial charge in [0.2, 0.25) is 0 Å². The van der Waals surface area contributed by atoms with Gasteiger partial charge in [-0.15, -0.1) is 0 Å². The lowest BCUT2D eigenvalue weighted by Gasteiger charge is -2.03. The van der Waals surface area contributed by atoms with Crippen LogP contribution in [0.4, 0.5) is 0 Å². The standard InChI is InChI=1S/C6H13N.C2H4O/c1-5-3-7-4-6(5)2;1-2-3/h5-7H,3-4H2,1-2H3;2H,1H3/t5-,6+;. The zero-order valence-electron chi connectivity index (χ0n) is 7.05. The summed E-state index contributed by atoms with van der Waals surface area (Å²) >= 11 is 0. The second-order valence-electron chi connectivity index (χ2n) is 2.85. The van der Waals surface area contributed by atoms with Crippen molar-refractivity contribution in [3.63, 3.8) is 0 Å². The Labute approximate surface area is 63.0 Å². The predicted molar refractivity (Wildman–Crippen MR) is 42.9 cm³/mol. The number of hydrogen-bond acceptors (Lipinski definition) is 2. The van der Waals surface area contributed by atoms with E-state index in [4.69, 9.17) is 4.79 Å². The lowest BCUT2D eigenvalue weighted by Crippen LogP contribution is -2.06. The van der Waals surface area contributed by atoms with E-state index < -0.39 is 0 Å². The monoisotopic (exact) mass is 143 g/mol. The Hall–Kier alpha value is -0.370. The zero-order valence-corrected chi connectivity index (χ0v) is 7.05. The van der Waals surface area contributed by atoms with Crippen molar-refractivity contribution in [1.82, 2.24) is 5.32 Å². The van der Waals surface area contributed by atoms with Crippen LogP contribution < -0.4 is 5.32 Å². The molecule has 2 atom stereocenters. The Morgan fingerprint density at radius 1 is 1.30 bits per heavy atom. The molecule has 0 aromatic rings. The van der Waals surface area contributed by atoms with Gasteiger partial charge in [0.05, 0.1) is 0 Å². The molecular weight excluding hydrogens is 126 g/mol. The van der Waals surface area contributed by atoms with E-state index >= 15 is 0 Å². The minimum atomic E-state index is 0.750. The molecule has 1 fully saturated rings. The topological polar surface area (TPSA) is 29.1 Å². The molecule has 1 rings (SSSR count). The Morgan fingerprint density at radius 3 is 1.70 bits per heavy atom. The van der Waals surface area contributed by atoms with Crippen molar-refractivity contribution in [3.8, 4) is 0 Å². The first-order valence-corrected chi connectivity index (χ1v) is 3.82. The normalized spacial score (nSPS) is 30.7. The van der Waals surface area contributed by atoms with Crippen molar-refractivity contribution < 1.29 is 4.79 Å². The van der Waals surface area contributed by atoms with Crippen molar-refractivity contribution >= 4 is 6.29 Å². The van der Waals surface area contributed by atoms with Gasteiger partial charge in [-0.1, -0.05) is 13.8 Å². The average molecular weight is 143 g/mol. The highest BCUT2D eigenvalue weighted by atomic mass is 16.1. The Balaban J connectivity index is 0.000000236. The number of rotatable bonds is 0. The molecule has 0 bridgehead atoms. The second kappa shape index (κ2) is 5.42. The molecule has 1 heterocycles. The Bertz CT molecular complexity index is 85.3. The molecule has 1 saturated heterocycles. The summed E-state index contributed by atoms with van der Waals surface area (Å²) in [6, 6.07) is 0. The number of carbonyl (C=O) groups is 1. The van der Waals surface area contributed by atoms with Gasteiger partial charge in [-0.05, 0) is 31.8 Å². The van der Waals surface area contributed by atoms with Crippen LogP contribution in [0.2, 0.25) is 0 Å². The first kappa shape index (κ1) is 9.63. The molecule has 0 amide bonds. The Kier molecular flexibility index (Phi) is 5.22. The summed E-state index contributed by atoms with van der Waals surface area (Å²) in [6.07, 6.45) is 0.750. The van der Waals surface area contributed by atoms with Crippen LogP contribution in [0, 0.1) is 11.8 Å². The molecule has 60 valence electrons. The van der Waals surface area contributed by atoms with Crippen molar-refractivity contribution in [2.45, 2.75) is 20.8 Å². The third kappa shape index (κ3) is 3.62. The van der Waals surface area contributed by atoms with Crippen LogP contribution in [0.1, 0.15) is 20.8 Å². The summed E-state index contributed by atoms with van der Waals surface area (Å²) in [4.78, 5) is 8.81. The van der Waals surface area contributed by atoms with Crippen LogP contribution in [0.3, 0.4) is 0 Å². The molecule has 1 aliphatic rings. The van der Waals surface area contributed by atoms with Gasteiger partial charge in [0.15, 0.2) is 0 Å². The van der Waals surface area contributed by atoms with E-state index in [1.165, 1.54) is 20.0 Å². The summed E-state index contributed by atoms with van der Waals surface area (Å²) in [6.45, 7) is 8.48. The van der Waals surface area contributed by atoms with E-state index in [9.17, 15) is 0 Å². The zero-order chi connectivity index (χ0) is 7.98. The molecule has 0 unspecified atom stereocenters. The summed E-state index contributed by atoms with van der Waals surface area (Å²) in [7, 11) is 0. The van der Waals surface area contributed by atoms with E-state index in [0.29, 0.717) is 0 Å². The molecule has 0 saturated carbocycles. The first-order valence-electron chi connectivity index (χ1n) is 3.82. The van der Waals surface area contributed by atoms with E-state index in [0.717, 1.165) is 18.1 Å². The fraction of sp³-hybridized carbons (Fsp3) is 0.875. The molecule has 0 spiro atoms. The maximum atomic E-state index is 8.81. The molecule has 1 aliphatic heterocycles. The largest absolute Gasteiger partial charge is 0.316 e. The van der Waals surface area contributed by atoms with Crippen molar-refractivity contribution in [2.75, 3.05) is 13.1 Å². The van der Waals surface area contributed by atoms with Gasteiger partial charge in [0.25, 0.3) is 0 Å². The van der Waals surface area contributed by atoms with E-state index in [1.54, 1.807) is 0 Å². The van der Waals surface area contributed by atoms with Gasteiger partial charge < -0.3 is 10.1 Å². The van der Waals surface area contributed by atoms with Crippen LogP contribution in [0.5, 0.6) is 0 Å². The van der Waals surface area contributed by atoms with Crippen LogP contribution in [0.15, 0.2) is 0 Å². The summed E-state index contributed by atoms with van der Waals surface area (Å²) in [5.74, 6) is 1.81. The van der Waals surface area contributed by atoms with Crippen LogP contribution in [-0.4, -0.2) is 19.4 Å². The molecule has 1 N–H and O–H groups in total. The van der Waals surface area contributed by atoms with Crippen molar-refractivity contribution in [3.05, 3.63) is 0 Å². The molecule has 2 nitrogen and oxygen atoms in total. The lowest BCUT2D eigenvalue weighted by atomic mass is 10.0. The number of aldehydes is 1. The molecule has 0 aromatic heterocycles.